The summed E-state index contributed by atoms with van der Waals surface area (Å²) < 4.78 is 0. The van der Waals surface area contributed by atoms with E-state index in [4.69, 9.17) is 5.11 Å². The van der Waals surface area contributed by atoms with Crippen LogP contribution in [0.3, 0.4) is 0 Å². The van der Waals surface area contributed by atoms with Gasteiger partial charge in [0.1, 0.15) is 6.04 Å². The zero-order chi connectivity index (χ0) is 12.3. The van der Waals surface area contributed by atoms with Gasteiger partial charge < -0.3 is 15.3 Å². The van der Waals surface area contributed by atoms with Crippen LogP contribution in [-0.2, 0) is 9.59 Å². The van der Waals surface area contributed by atoms with Gasteiger partial charge in [0.15, 0.2) is 0 Å². The highest BCUT2D eigenvalue weighted by molar-refractivity contribution is 7.99. The maximum atomic E-state index is 12.3. The van der Waals surface area contributed by atoms with E-state index in [9.17, 15) is 9.59 Å². The molecular formula is C11H18N2O3S. The number of thioether (sulfide) groups is 1. The number of amides is 1. The minimum atomic E-state index is -0.892. The summed E-state index contributed by atoms with van der Waals surface area (Å²) >= 11 is 1.51. The number of nitrogens with one attached hydrogen (secondary N) is 1. The molecule has 2 aliphatic rings. The number of hydrogen-bond acceptors (Lipinski definition) is 4. The average Bonchev–Trinajstić information content (AvgIpc) is 2.64. The van der Waals surface area contributed by atoms with Gasteiger partial charge in [0, 0.05) is 5.75 Å². The lowest BCUT2D eigenvalue weighted by Gasteiger charge is -2.25. The lowest BCUT2D eigenvalue weighted by molar-refractivity contribution is -0.148. The van der Waals surface area contributed by atoms with Crippen LogP contribution in [0.4, 0.5) is 0 Å². The number of nitrogens with zero attached hydrogens (tertiary/aromatic N) is 1. The normalized spacial score (nSPS) is 30.0. The molecule has 0 radical (unpaired) electrons. The first kappa shape index (κ1) is 12.7. The van der Waals surface area contributed by atoms with E-state index in [2.05, 4.69) is 5.32 Å². The number of carboxylic acid groups (broad SMARTS) is 1. The van der Waals surface area contributed by atoms with Crippen LogP contribution in [0.15, 0.2) is 0 Å². The van der Waals surface area contributed by atoms with Gasteiger partial charge in [-0.1, -0.05) is 12.8 Å². The van der Waals surface area contributed by atoms with Crippen LogP contribution in [0.1, 0.15) is 25.7 Å². The molecular weight excluding hydrogens is 240 g/mol. The Morgan fingerprint density at radius 3 is 2.88 bits per heavy atom. The molecule has 1 amide bonds. The first-order valence-corrected chi connectivity index (χ1v) is 7.20. The average molecular weight is 258 g/mol. The van der Waals surface area contributed by atoms with E-state index in [1.807, 2.05) is 0 Å². The van der Waals surface area contributed by atoms with Crippen LogP contribution in [0.25, 0.3) is 0 Å². The molecule has 6 heteroatoms. The van der Waals surface area contributed by atoms with Crippen LogP contribution in [-0.4, -0.2) is 52.1 Å². The molecule has 0 aromatic carbocycles. The summed E-state index contributed by atoms with van der Waals surface area (Å²) in [6, 6.07) is -0.824. The SMILES string of the molecule is O=C(O)C1CSCN1C(=O)C1CCCCCN1. The molecule has 2 fully saturated rings. The van der Waals surface area contributed by atoms with E-state index >= 15 is 0 Å². The minimum absolute atomic E-state index is 0.0377. The van der Waals surface area contributed by atoms with E-state index in [0.717, 1.165) is 32.2 Å². The molecule has 2 unspecified atom stereocenters. The first-order valence-electron chi connectivity index (χ1n) is 6.04. The second-order valence-corrected chi connectivity index (χ2v) is 5.52. The monoisotopic (exact) mass is 258 g/mol. The molecule has 0 saturated carbocycles. The summed E-state index contributed by atoms with van der Waals surface area (Å²) in [5, 5.41) is 12.3. The third kappa shape index (κ3) is 2.93. The van der Waals surface area contributed by atoms with E-state index in [1.165, 1.54) is 16.7 Å². The van der Waals surface area contributed by atoms with Crippen LogP contribution in [0.5, 0.6) is 0 Å². The van der Waals surface area contributed by atoms with Crippen molar-refractivity contribution in [3.63, 3.8) is 0 Å². The van der Waals surface area contributed by atoms with Gasteiger partial charge in [-0.15, -0.1) is 11.8 Å². The molecule has 2 aliphatic heterocycles. The lowest BCUT2D eigenvalue weighted by Crippen LogP contribution is -2.50. The molecule has 0 bridgehead atoms. The third-order valence-corrected chi connectivity index (χ3v) is 4.32. The number of aliphatic carboxylic acids is 1. The Balaban J connectivity index is 2.00. The Hall–Kier alpha value is -0.750. The Labute approximate surface area is 105 Å². The molecule has 96 valence electrons. The molecule has 0 spiro atoms. The second-order valence-electron chi connectivity index (χ2n) is 4.52. The molecule has 2 atom stereocenters. The van der Waals surface area contributed by atoms with E-state index in [0.29, 0.717) is 11.6 Å². The molecule has 0 aromatic heterocycles. The maximum Gasteiger partial charge on any atom is 0.327 e. The fourth-order valence-electron chi connectivity index (χ4n) is 2.30. The maximum absolute atomic E-state index is 12.3. The number of carbonyl (C=O) groups is 2. The quantitative estimate of drug-likeness (QED) is 0.755. The molecule has 0 aromatic rings. The van der Waals surface area contributed by atoms with Crippen molar-refractivity contribution in [2.24, 2.45) is 0 Å². The fraction of sp³-hybridized carbons (Fsp3) is 0.818. The van der Waals surface area contributed by atoms with Crippen molar-refractivity contribution in [3.05, 3.63) is 0 Å². The van der Waals surface area contributed by atoms with E-state index in [-0.39, 0.29) is 11.9 Å². The van der Waals surface area contributed by atoms with E-state index < -0.39 is 12.0 Å². The van der Waals surface area contributed by atoms with Crippen molar-refractivity contribution < 1.29 is 14.7 Å². The molecule has 2 rings (SSSR count). The largest absolute Gasteiger partial charge is 0.480 e. The highest BCUT2D eigenvalue weighted by atomic mass is 32.2. The van der Waals surface area contributed by atoms with Crippen LogP contribution in [0, 0.1) is 0 Å². The molecule has 17 heavy (non-hydrogen) atoms. The van der Waals surface area contributed by atoms with Gasteiger partial charge in [0.2, 0.25) is 5.91 Å². The Morgan fingerprint density at radius 1 is 1.29 bits per heavy atom. The summed E-state index contributed by atoms with van der Waals surface area (Å²) in [4.78, 5) is 24.8. The fourth-order valence-corrected chi connectivity index (χ4v) is 3.46. The summed E-state index contributed by atoms with van der Waals surface area (Å²) in [6.45, 7) is 0.856. The number of hydrogen-bond donors (Lipinski definition) is 2. The van der Waals surface area contributed by atoms with Crippen molar-refractivity contribution in [3.8, 4) is 0 Å². The van der Waals surface area contributed by atoms with Crippen molar-refractivity contribution in [2.45, 2.75) is 37.8 Å². The van der Waals surface area contributed by atoms with Gasteiger partial charge in [0.05, 0.1) is 11.9 Å². The van der Waals surface area contributed by atoms with Crippen LogP contribution < -0.4 is 5.32 Å². The lowest BCUT2D eigenvalue weighted by atomic mass is 10.1. The van der Waals surface area contributed by atoms with Crippen molar-refractivity contribution in [2.75, 3.05) is 18.2 Å². The molecule has 0 aliphatic carbocycles. The van der Waals surface area contributed by atoms with Crippen molar-refractivity contribution in [1.82, 2.24) is 10.2 Å². The summed E-state index contributed by atoms with van der Waals surface area (Å²) in [7, 11) is 0. The van der Waals surface area contributed by atoms with E-state index in [1.54, 1.807) is 0 Å². The van der Waals surface area contributed by atoms with Crippen molar-refractivity contribution >= 4 is 23.6 Å². The highest BCUT2D eigenvalue weighted by Gasteiger charge is 2.37. The van der Waals surface area contributed by atoms with Gasteiger partial charge in [-0.2, -0.15) is 0 Å². The minimum Gasteiger partial charge on any atom is -0.480 e. The Kier molecular flexibility index (Phi) is 4.28. The van der Waals surface area contributed by atoms with Gasteiger partial charge in [-0.05, 0) is 19.4 Å². The van der Waals surface area contributed by atoms with Crippen LogP contribution in [0.2, 0.25) is 0 Å². The molecule has 2 heterocycles. The molecule has 5 nitrogen and oxygen atoms in total. The van der Waals surface area contributed by atoms with Gasteiger partial charge in [-0.25, -0.2) is 4.79 Å². The Morgan fingerprint density at radius 2 is 2.12 bits per heavy atom. The number of carbonyl (C=O) groups excluding carboxylic acids is 1. The number of rotatable bonds is 2. The first-order chi connectivity index (χ1) is 8.20. The van der Waals surface area contributed by atoms with Crippen molar-refractivity contribution in [1.29, 1.82) is 0 Å². The zero-order valence-corrected chi connectivity index (χ0v) is 10.5. The smallest absolute Gasteiger partial charge is 0.327 e. The predicted molar refractivity (Wildman–Crippen MR) is 65.9 cm³/mol. The standard InChI is InChI=1S/C11H18N2O3S/c14-10(8-4-2-1-3-5-12-8)13-7-17-6-9(13)11(15)16/h8-9,12H,1-7H2,(H,15,16). The van der Waals surface area contributed by atoms with Crippen LogP contribution >= 0.6 is 11.8 Å². The molecule has 2 saturated heterocycles. The highest BCUT2D eigenvalue weighted by Crippen LogP contribution is 2.23. The van der Waals surface area contributed by atoms with Gasteiger partial charge in [-0.3, -0.25) is 4.79 Å². The Bertz CT molecular complexity index is 303. The topological polar surface area (TPSA) is 69.6 Å². The zero-order valence-electron chi connectivity index (χ0n) is 9.72. The predicted octanol–water partition coefficient (Wildman–Crippen LogP) is 0.505. The second kappa shape index (κ2) is 5.73. The third-order valence-electron chi connectivity index (χ3n) is 3.31. The molecule has 2 N–H and O–H groups in total. The summed E-state index contributed by atoms with van der Waals surface area (Å²) in [5.74, 6) is 0.0863. The van der Waals surface area contributed by atoms with Gasteiger partial charge in [0.25, 0.3) is 0 Å². The summed E-state index contributed by atoms with van der Waals surface area (Å²) in [6.07, 6.45) is 4.11. The number of carboxylic acids is 1. The van der Waals surface area contributed by atoms with Gasteiger partial charge >= 0.3 is 5.97 Å². The summed E-state index contributed by atoms with van der Waals surface area (Å²) in [5.41, 5.74) is 0.